The molecule has 2 amide bonds. The van der Waals surface area contributed by atoms with Gasteiger partial charge in [0.25, 0.3) is 5.91 Å². The molecule has 1 N–H and O–H groups in total. The molecule has 0 unspecified atom stereocenters. The summed E-state index contributed by atoms with van der Waals surface area (Å²) >= 11 is 0. The van der Waals surface area contributed by atoms with Gasteiger partial charge in [-0.25, -0.2) is 0 Å². The van der Waals surface area contributed by atoms with Gasteiger partial charge in [0.05, 0.1) is 0 Å². The predicted molar refractivity (Wildman–Crippen MR) is 72.6 cm³/mol. The molecule has 0 atom stereocenters. The molecule has 20 heavy (non-hydrogen) atoms. The number of benzene rings is 1. The van der Waals surface area contributed by atoms with Crippen LogP contribution in [0.1, 0.15) is 23.0 Å². The van der Waals surface area contributed by atoms with Crippen molar-refractivity contribution in [1.82, 2.24) is 5.16 Å². The number of hydrogen-bond acceptors (Lipinski definition) is 4. The van der Waals surface area contributed by atoms with Crippen LogP contribution >= 0.6 is 0 Å². The van der Waals surface area contributed by atoms with Gasteiger partial charge in [-0.15, -0.1) is 0 Å². The quantitative estimate of drug-likeness (QED) is 0.904. The van der Waals surface area contributed by atoms with E-state index in [1.54, 1.807) is 4.90 Å². The molecule has 1 aromatic heterocycles. The van der Waals surface area contributed by atoms with Crippen LogP contribution in [0.5, 0.6) is 0 Å². The summed E-state index contributed by atoms with van der Waals surface area (Å²) in [6.45, 7) is 2.22. The Balaban J connectivity index is 1.84. The van der Waals surface area contributed by atoms with E-state index in [1.807, 2.05) is 18.2 Å². The van der Waals surface area contributed by atoms with Crippen LogP contribution in [0.25, 0.3) is 0 Å². The van der Waals surface area contributed by atoms with Crippen molar-refractivity contribution in [2.75, 3.05) is 16.8 Å². The molecule has 1 aliphatic rings. The fraction of sp³-hybridized carbons (Fsp3) is 0.214. The van der Waals surface area contributed by atoms with E-state index in [0.717, 1.165) is 17.7 Å². The number of aromatic nitrogens is 1. The monoisotopic (exact) mass is 271 g/mol. The molecule has 3 rings (SSSR count). The number of carbonyl (C=O) groups excluding carboxylic acids is 2. The molecule has 0 fully saturated rings. The van der Waals surface area contributed by atoms with Crippen molar-refractivity contribution in [2.45, 2.75) is 13.3 Å². The fourth-order valence-corrected chi connectivity index (χ4v) is 2.31. The van der Waals surface area contributed by atoms with E-state index in [0.29, 0.717) is 12.2 Å². The van der Waals surface area contributed by atoms with Gasteiger partial charge in [-0.1, -0.05) is 11.2 Å². The fourth-order valence-electron chi connectivity index (χ4n) is 2.31. The number of anilines is 2. The summed E-state index contributed by atoms with van der Waals surface area (Å²) in [7, 11) is 0. The molecule has 2 aromatic rings. The Bertz CT molecular complexity index is 664. The van der Waals surface area contributed by atoms with E-state index in [-0.39, 0.29) is 17.5 Å². The van der Waals surface area contributed by atoms with Crippen LogP contribution in [0.4, 0.5) is 11.4 Å². The Kier molecular flexibility index (Phi) is 2.98. The zero-order valence-corrected chi connectivity index (χ0v) is 10.9. The largest absolute Gasteiger partial charge is 0.364 e. The molecule has 0 radical (unpaired) electrons. The summed E-state index contributed by atoms with van der Waals surface area (Å²) < 4.78 is 4.63. The van der Waals surface area contributed by atoms with Gasteiger partial charge in [0.1, 0.15) is 6.26 Å². The third kappa shape index (κ3) is 2.16. The highest BCUT2D eigenvalue weighted by atomic mass is 16.5. The zero-order chi connectivity index (χ0) is 14.1. The Hall–Kier alpha value is -2.63. The molecule has 0 aliphatic carbocycles. The number of nitrogens with zero attached hydrogens (tertiary/aromatic N) is 2. The lowest BCUT2D eigenvalue weighted by Gasteiger charge is -2.15. The highest BCUT2D eigenvalue weighted by molar-refractivity contribution is 6.03. The first-order valence-corrected chi connectivity index (χ1v) is 6.28. The van der Waals surface area contributed by atoms with E-state index in [4.69, 9.17) is 0 Å². The van der Waals surface area contributed by atoms with Crippen molar-refractivity contribution in [3.63, 3.8) is 0 Å². The van der Waals surface area contributed by atoms with E-state index < -0.39 is 0 Å². The van der Waals surface area contributed by atoms with Crippen molar-refractivity contribution in [1.29, 1.82) is 0 Å². The summed E-state index contributed by atoms with van der Waals surface area (Å²) in [5.74, 6) is -0.338. The molecule has 0 saturated heterocycles. The lowest BCUT2D eigenvalue weighted by Crippen LogP contribution is -2.25. The van der Waals surface area contributed by atoms with Gasteiger partial charge < -0.3 is 14.7 Å². The van der Waals surface area contributed by atoms with Crippen molar-refractivity contribution >= 4 is 23.2 Å². The Morgan fingerprint density at radius 3 is 2.90 bits per heavy atom. The molecular weight excluding hydrogens is 258 g/mol. The van der Waals surface area contributed by atoms with Gasteiger partial charge in [-0.05, 0) is 24.1 Å². The lowest BCUT2D eigenvalue weighted by atomic mass is 10.1. The topological polar surface area (TPSA) is 75.4 Å². The van der Waals surface area contributed by atoms with Crippen molar-refractivity contribution in [3.05, 3.63) is 41.8 Å². The van der Waals surface area contributed by atoms with Gasteiger partial charge in [0.15, 0.2) is 5.69 Å². The number of fused-ring (bicyclic) bond motifs is 1. The molecule has 1 aliphatic heterocycles. The highest BCUT2D eigenvalue weighted by Gasteiger charge is 2.22. The average molecular weight is 271 g/mol. The summed E-state index contributed by atoms with van der Waals surface area (Å²) in [5.41, 5.74) is 2.81. The molecule has 2 heterocycles. The molecule has 0 bridgehead atoms. The van der Waals surface area contributed by atoms with Crippen molar-refractivity contribution < 1.29 is 14.1 Å². The SMILES string of the molecule is CC(=O)N1CCc2ccc(NC(=O)c3ccon3)cc21. The highest BCUT2D eigenvalue weighted by Crippen LogP contribution is 2.30. The predicted octanol–water partition coefficient (Wildman–Crippen LogP) is 1.84. The zero-order valence-electron chi connectivity index (χ0n) is 10.9. The minimum Gasteiger partial charge on any atom is -0.364 e. The van der Waals surface area contributed by atoms with Crippen LogP contribution in [0, 0.1) is 0 Å². The molecule has 1 aromatic carbocycles. The number of hydrogen-bond donors (Lipinski definition) is 1. The van der Waals surface area contributed by atoms with E-state index in [9.17, 15) is 9.59 Å². The van der Waals surface area contributed by atoms with Crippen LogP contribution in [-0.2, 0) is 11.2 Å². The van der Waals surface area contributed by atoms with Gasteiger partial charge in [0, 0.05) is 30.9 Å². The molecule has 0 saturated carbocycles. The van der Waals surface area contributed by atoms with Gasteiger partial charge in [0.2, 0.25) is 5.91 Å². The summed E-state index contributed by atoms with van der Waals surface area (Å²) in [6, 6.07) is 7.05. The first-order chi connectivity index (χ1) is 9.65. The second kappa shape index (κ2) is 4.80. The minimum absolute atomic E-state index is 0.00345. The Labute approximate surface area is 115 Å². The minimum atomic E-state index is -0.342. The maximum absolute atomic E-state index is 11.9. The number of nitrogens with one attached hydrogen (secondary N) is 1. The number of carbonyl (C=O) groups is 2. The lowest BCUT2D eigenvalue weighted by molar-refractivity contribution is -0.116. The molecule has 6 nitrogen and oxygen atoms in total. The molecular formula is C14H13N3O3. The third-order valence-electron chi connectivity index (χ3n) is 3.29. The van der Waals surface area contributed by atoms with Crippen molar-refractivity contribution in [2.24, 2.45) is 0 Å². The molecule has 0 spiro atoms. The maximum Gasteiger partial charge on any atom is 0.277 e. The standard InChI is InChI=1S/C14H13N3O3/c1-9(18)17-6-4-10-2-3-11(8-13(10)17)15-14(19)12-5-7-20-16-12/h2-3,5,7-8H,4,6H2,1H3,(H,15,19). The van der Waals surface area contributed by atoms with Gasteiger partial charge in [-0.3, -0.25) is 9.59 Å². The first-order valence-electron chi connectivity index (χ1n) is 6.28. The average Bonchev–Trinajstić information content (AvgIpc) is 3.07. The Morgan fingerprint density at radius 2 is 2.20 bits per heavy atom. The summed E-state index contributed by atoms with van der Waals surface area (Å²) in [5, 5.41) is 6.31. The first kappa shape index (κ1) is 12.4. The smallest absolute Gasteiger partial charge is 0.277 e. The van der Waals surface area contributed by atoms with Crippen LogP contribution in [0.15, 0.2) is 35.1 Å². The van der Waals surface area contributed by atoms with Crippen LogP contribution in [-0.4, -0.2) is 23.5 Å². The van der Waals surface area contributed by atoms with Crippen LogP contribution in [0.3, 0.4) is 0 Å². The van der Waals surface area contributed by atoms with Crippen molar-refractivity contribution in [3.8, 4) is 0 Å². The van der Waals surface area contributed by atoms with Gasteiger partial charge in [-0.2, -0.15) is 0 Å². The second-order valence-electron chi connectivity index (χ2n) is 4.60. The third-order valence-corrected chi connectivity index (χ3v) is 3.29. The maximum atomic E-state index is 11.9. The molecule has 102 valence electrons. The van der Waals surface area contributed by atoms with Crippen LogP contribution < -0.4 is 10.2 Å². The second-order valence-corrected chi connectivity index (χ2v) is 4.60. The Morgan fingerprint density at radius 1 is 1.35 bits per heavy atom. The summed E-state index contributed by atoms with van der Waals surface area (Å²) in [4.78, 5) is 25.1. The molecule has 6 heteroatoms. The van der Waals surface area contributed by atoms with Crippen LogP contribution in [0.2, 0.25) is 0 Å². The normalized spacial score (nSPS) is 13.2. The summed E-state index contributed by atoms with van der Waals surface area (Å²) in [6.07, 6.45) is 2.18. The van der Waals surface area contributed by atoms with Gasteiger partial charge >= 0.3 is 0 Å². The number of amides is 2. The van der Waals surface area contributed by atoms with E-state index in [1.165, 1.54) is 19.3 Å². The van der Waals surface area contributed by atoms with E-state index in [2.05, 4.69) is 15.0 Å². The number of rotatable bonds is 2. The van der Waals surface area contributed by atoms with E-state index >= 15 is 0 Å².